The number of benzene rings is 4. The van der Waals surface area contributed by atoms with Crippen LogP contribution < -0.4 is 5.11 Å². The van der Waals surface area contributed by atoms with Gasteiger partial charge in [0.2, 0.25) is 0 Å². The van der Waals surface area contributed by atoms with Crippen molar-refractivity contribution in [2.75, 3.05) is 0 Å². The first-order chi connectivity index (χ1) is 19.0. The van der Waals surface area contributed by atoms with E-state index in [9.17, 15) is 9.90 Å². The van der Waals surface area contributed by atoms with Gasteiger partial charge in [0.05, 0.1) is 11.4 Å². The van der Waals surface area contributed by atoms with Crippen molar-refractivity contribution < 1.29 is 30.0 Å². The SMILES string of the molecule is CC(=O)/C=C(/C)[O-].[Ir].c1ccc(-c2nccc3ccccc23)cc1.c1ccc(-c2nccc3ccccc23)cc1. The maximum Gasteiger partial charge on any atom is 0.151 e. The predicted molar refractivity (Wildman–Crippen MR) is 159 cm³/mol. The summed E-state index contributed by atoms with van der Waals surface area (Å²) < 4.78 is 0. The number of carbonyl (C=O) groups excluding carboxylic acids is 1. The van der Waals surface area contributed by atoms with Crippen LogP contribution in [0, 0.1) is 0 Å². The van der Waals surface area contributed by atoms with Crippen LogP contribution in [0.5, 0.6) is 0 Å². The number of pyridine rings is 2. The van der Waals surface area contributed by atoms with Gasteiger partial charge in [0.15, 0.2) is 5.78 Å². The van der Waals surface area contributed by atoms with Crippen LogP contribution in [0.2, 0.25) is 0 Å². The van der Waals surface area contributed by atoms with Crippen LogP contribution in [0.1, 0.15) is 13.8 Å². The van der Waals surface area contributed by atoms with E-state index in [1.807, 2.05) is 60.9 Å². The average Bonchev–Trinajstić information content (AvgIpc) is 2.97. The number of allylic oxidation sites excluding steroid dienone is 2. The number of aromatic nitrogens is 2. The summed E-state index contributed by atoms with van der Waals surface area (Å²) in [5.74, 6) is -0.375. The van der Waals surface area contributed by atoms with Crippen LogP contribution in [-0.2, 0) is 24.9 Å². The molecule has 0 spiro atoms. The molecule has 0 aliphatic carbocycles. The van der Waals surface area contributed by atoms with Crippen molar-refractivity contribution in [3.05, 3.63) is 146 Å². The standard InChI is InChI=1S/2C15H11N.C5H8O2.Ir/c2*1-2-7-13(8-3-1)15-14-9-5-4-6-12(14)10-11-16-15;1-4(6)3-5(2)7;/h2*1-11H;3,6H,1-2H3;/p-1/b;;4-3-;. The molecular weight excluding hydrogens is 673 g/mol. The van der Waals surface area contributed by atoms with Gasteiger partial charge >= 0.3 is 0 Å². The Bertz CT molecular complexity index is 1570. The van der Waals surface area contributed by atoms with Gasteiger partial charge in [-0.25, -0.2) is 0 Å². The first-order valence-corrected chi connectivity index (χ1v) is 12.7. The zero-order valence-electron chi connectivity index (χ0n) is 22.3. The quantitative estimate of drug-likeness (QED) is 0.141. The predicted octanol–water partition coefficient (Wildman–Crippen LogP) is 7.64. The van der Waals surface area contributed by atoms with Crippen molar-refractivity contribution in [2.45, 2.75) is 13.8 Å². The second-order valence-electron chi connectivity index (χ2n) is 8.86. The minimum absolute atomic E-state index is 0. The maximum absolute atomic E-state index is 9.98. The summed E-state index contributed by atoms with van der Waals surface area (Å²) in [5, 5.41) is 14.9. The van der Waals surface area contributed by atoms with E-state index in [0.29, 0.717) is 0 Å². The Hall–Kier alpha value is -4.44. The summed E-state index contributed by atoms with van der Waals surface area (Å²) in [7, 11) is 0. The fraction of sp³-hybridized carbons (Fsp3) is 0.0571. The Kier molecular flexibility index (Phi) is 11.5. The van der Waals surface area contributed by atoms with Crippen LogP contribution >= 0.6 is 0 Å². The van der Waals surface area contributed by atoms with E-state index in [4.69, 9.17) is 0 Å². The second kappa shape index (κ2) is 15.2. The summed E-state index contributed by atoms with van der Waals surface area (Å²) in [4.78, 5) is 18.9. The Morgan fingerprint density at radius 2 is 0.950 bits per heavy atom. The molecule has 2 heterocycles. The van der Waals surface area contributed by atoms with E-state index in [0.717, 1.165) is 17.5 Å². The minimum atomic E-state index is -0.187. The number of ketones is 1. The van der Waals surface area contributed by atoms with Crippen molar-refractivity contribution >= 4 is 27.3 Å². The Labute approximate surface area is 248 Å². The molecule has 40 heavy (non-hydrogen) atoms. The molecule has 0 amide bonds. The zero-order valence-corrected chi connectivity index (χ0v) is 24.7. The van der Waals surface area contributed by atoms with Gasteiger partial charge in [-0.15, -0.1) is 5.76 Å². The van der Waals surface area contributed by atoms with Crippen LogP contribution in [0.3, 0.4) is 0 Å². The number of rotatable bonds is 3. The molecule has 0 atom stereocenters. The van der Waals surface area contributed by atoms with Crippen LogP contribution in [0.25, 0.3) is 44.1 Å². The fourth-order valence-electron chi connectivity index (χ4n) is 4.18. The fourth-order valence-corrected chi connectivity index (χ4v) is 4.18. The van der Waals surface area contributed by atoms with Crippen LogP contribution in [0.15, 0.2) is 146 Å². The molecule has 0 saturated heterocycles. The van der Waals surface area contributed by atoms with Crippen molar-refractivity contribution in [1.82, 2.24) is 9.97 Å². The second-order valence-corrected chi connectivity index (χ2v) is 8.86. The molecule has 201 valence electrons. The molecule has 4 nitrogen and oxygen atoms in total. The van der Waals surface area contributed by atoms with Crippen molar-refractivity contribution in [2.24, 2.45) is 0 Å². The molecule has 2 aromatic heterocycles. The smallest absolute Gasteiger partial charge is 0.151 e. The number of nitrogens with zero attached hydrogens (tertiary/aromatic N) is 2. The number of fused-ring (bicyclic) bond motifs is 2. The van der Waals surface area contributed by atoms with Crippen molar-refractivity contribution in [3.63, 3.8) is 0 Å². The molecule has 0 saturated carbocycles. The molecule has 4 aromatic carbocycles. The van der Waals surface area contributed by atoms with Crippen LogP contribution in [-0.4, -0.2) is 15.8 Å². The van der Waals surface area contributed by atoms with Gasteiger partial charge in [-0.2, -0.15) is 0 Å². The topological polar surface area (TPSA) is 65.9 Å². The van der Waals surface area contributed by atoms with Gasteiger partial charge in [-0.3, -0.25) is 14.8 Å². The van der Waals surface area contributed by atoms with Gasteiger partial charge in [0.1, 0.15) is 0 Å². The molecule has 5 heteroatoms. The van der Waals surface area contributed by atoms with Gasteiger partial charge in [-0.05, 0) is 35.9 Å². The third kappa shape index (κ3) is 8.28. The van der Waals surface area contributed by atoms with E-state index in [1.54, 1.807) is 0 Å². The van der Waals surface area contributed by atoms with E-state index >= 15 is 0 Å². The normalized spacial score (nSPS) is 10.4. The molecular formula is C35H29IrN2O2-. The van der Waals surface area contributed by atoms with Crippen LogP contribution in [0.4, 0.5) is 0 Å². The Morgan fingerprint density at radius 1 is 0.575 bits per heavy atom. The molecule has 0 N–H and O–H groups in total. The Morgan fingerprint density at radius 3 is 1.30 bits per heavy atom. The molecule has 0 fully saturated rings. The molecule has 0 unspecified atom stereocenters. The van der Waals surface area contributed by atoms with E-state index in [2.05, 4.69) is 82.8 Å². The largest absolute Gasteiger partial charge is 0.876 e. The minimum Gasteiger partial charge on any atom is -0.876 e. The van der Waals surface area contributed by atoms with Gasteiger partial charge in [0.25, 0.3) is 0 Å². The third-order valence-electron chi connectivity index (χ3n) is 5.85. The first kappa shape index (κ1) is 30.1. The summed E-state index contributed by atoms with van der Waals surface area (Å²) in [5.41, 5.74) is 4.44. The number of hydrogen-bond acceptors (Lipinski definition) is 4. The third-order valence-corrected chi connectivity index (χ3v) is 5.85. The molecule has 6 rings (SSSR count). The number of hydrogen-bond donors (Lipinski definition) is 0. The summed E-state index contributed by atoms with van der Waals surface area (Å²) in [6.07, 6.45) is 4.79. The van der Waals surface area contributed by atoms with Crippen molar-refractivity contribution in [1.29, 1.82) is 0 Å². The average molecular weight is 702 g/mol. The summed E-state index contributed by atoms with van der Waals surface area (Å²) in [6, 6.07) is 41.3. The molecule has 6 aromatic rings. The van der Waals surface area contributed by atoms with E-state index < -0.39 is 0 Å². The molecule has 1 radical (unpaired) electrons. The monoisotopic (exact) mass is 702 g/mol. The molecule has 0 aliphatic heterocycles. The zero-order chi connectivity index (χ0) is 27.5. The molecule has 0 bridgehead atoms. The van der Waals surface area contributed by atoms with Gasteiger partial charge < -0.3 is 5.11 Å². The van der Waals surface area contributed by atoms with Gasteiger partial charge in [-0.1, -0.05) is 116 Å². The van der Waals surface area contributed by atoms with Crippen molar-refractivity contribution in [3.8, 4) is 22.5 Å². The molecule has 0 aliphatic rings. The summed E-state index contributed by atoms with van der Waals surface area (Å²) >= 11 is 0. The Balaban J connectivity index is 0.000000177. The van der Waals surface area contributed by atoms with E-state index in [-0.39, 0.29) is 31.6 Å². The van der Waals surface area contributed by atoms with Gasteiger partial charge in [0, 0.05) is 54.4 Å². The number of carbonyl (C=O) groups is 1. The summed E-state index contributed by atoms with van der Waals surface area (Å²) in [6.45, 7) is 2.70. The van der Waals surface area contributed by atoms with E-state index in [1.165, 1.54) is 46.5 Å². The first-order valence-electron chi connectivity index (χ1n) is 12.7. The maximum atomic E-state index is 9.98.